The van der Waals surface area contributed by atoms with Crippen molar-refractivity contribution in [3.05, 3.63) is 18.0 Å². The summed E-state index contributed by atoms with van der Waals surface area (Å²) in [7, 11) is 0. The van der Waals surface area contributed by atoms with Crippen molar-refractivity contribution in [1.29, 1.82) is 0 Å². The minimum Gasteiger partial charge on any atom is -0.317 e. The number of hydrogen-bond acceptors (Lipinski definition) is 3. The van der Waals surface area contributed by atoms with E-state index >= 15 is 0 Å². The van der Waals surface area contributed by atoms with Crippen LogP contribution in [0.15, 0.2) is 12.3 Å². The Morgan fingerprint density at radius 1 is 1.40 bits per heavy atom. The molecule has 2 heterocycles. The lowest BCUT2D eigenvalue weighted by molar-refractivity contribution is 0.152. The standard InChI is InChI=1S/C15H28N4.ClH/c1-4-10-18(15-5-8-16-9-6-15)12-14-7-11-19(17-14)13(2)3;/h7,11,13,15-16H,4-6,8-10,12H2,1-3H3;1H. The molecule has 0 atom stereocenters. The molecule has 0 saturated carbocycles. The fourth-order valence-electron chi connectivity index (χ4n) is 2.81. The van der Waals surface area contributed by atoms with Crippen molar-refractivity contribution in [3.63, 3.8) is 0 Å². The third-order valence-corrected chi connectivity index (χ3v) is 3.89. The Bertz CT molecular complexity index is 372. The van der Waals surface area contributed by atoms with Crippen molar-refractivity contribution < 1.29 is 0 Å². The molecular weight excluding hydrogens is 272 g/mol. The molecule has 0 amide bonds. The number of hydrogen-bond donors (Lipinski definition) is 1. The molecule has 0 spiro atoms. The van der Waals surface area contributed by atoms with Crippen molar-refractivity contribution in [3.8, 4) is 0 Å². The number of rotatable bonds is 6. The Morgan fingerprint density at radius 3 is 2.65 bits per heavy atom. The Kier molecular flexibility index (Phi) is 7.56. The van der Waals surface area contributed by atoms with Crippen molar-refractivity contribution in [2.45, 2.75) is 58.7 Å². The molecule has 1 aliphatic rings. The topological polar surface area (TPSA) is 33.1 Å². The molecule has 1 aliphatic heterocycles. The number of piperidine rings is 1. The average molecular weight is 301 g/mol. The predicted molar refractivity (Wildman–Crippen MR) is 86.5 cm³/mol. The number of aromatic nitrogens is 2. The zero-order valence-corrected chi connectivity index (χ0v) is 13.8. The van der Waals surface area contributed by atoms with Gasteiger partial charge in [-0.25, -0.2) is 0 Å². The van der Waals surface area contributed by atoms with Crippen LogP contribution < -0.4 is 5.32 Å². The van der Waals surface area contributed by atoms with Crippen molar-refractivity contribution >= 4 is 12.4 Å². The lowest BCUT2D eigenvalue weighted by Gasteiger charge is -2.34. The molecule has 5 heteroatoms. The van der Waals surface area contributed by atoms with Crippen molar-refractivity contribution in [2.75, 3.05) is 19.6 Å². The van der Waals surface area contributed by atoms with Crippen LogP contribution in [0.1, 0.15) is 51.8 Å². The molecular formula is C15H29ClN4. The largest absolute Gasteiger partial charge is 0.317 e. The summed E-state index contributed by atoms with van der Waals surface area (Å²) in [5.74, 6) is 0. The van der Waals surface area contributed by atoms with E-state index in [2.05, 4.69) is 53.0 Å². The molecule has 1 fully saturated rings. The summed E-state index contributed by atoms with van der Waals surface area (Å²) in [6, 6.07) is 3.35. The summed E-state index contributed by atoms with van der Waals surface area (Å²) in [4.78, 5) is 2.62. The first-order valence-electron chi connectivity index (χ1n) is 7.69. The molecule has 0 bridgehead atoms. The molecule has 1 saturated heterocycles. The molecule has 0 aliphatic carbocycles. The van der Waals surface area contributed by atoms with Crippen LogP contribution in [0.4, 0.5) is 0 Å². The molecule has 0 radical (unpaired) electrons. The summed E-state index contributed by atoms with van der Waals surface area (Å²) in [6.45, 7) is 11.1. The van der Waals surface area contributed by atoms with Gasteiger partial charge in [-0.05, 0) is 58.8 Å². The Balaban J connectivity index is 0.00000200. The van der Waals surface area contributed by atoms with Crippen molar-refractivity contribution in [2.24, 2.45) is 0 Å². The van der Waals surface area contributed by atoms with Crippen LogP contribution in [0.3, 0.4) is 0 Å². The third-order valence-electron chi connectivity index (χ3n) is 3.89. The Hall–Kier alpha value is -0.580. The zero-order valence-electron chi connectivity index (χ0n) is 13.0. The van der Waals surface area contributed by atoms with Gasteiger partial charge < -0.3 is 5.32 Å². The summed E-state index contributed by atoms with van der Waals surface area (Å²) < 4.78 is 2.06. The average Bonchev–Trinajstić information content (AvgIpc) is 2.88. The van der Waals surface area contributed by atoms with Gasteiger partial charge in [0.15, 0.2) is 0 Å². The molecule has 1 aromatic rings. The van der Waals surface area contributed by atoms with Gasteiger partial charge in [0.2, 0.25) is 0 Å². The predicted octanol–water partition coefficient (Wildman–Crippen LogP) is 2.85. The first-order chi connectivity index (χ1) is 9.20. The van der Waals surface area contributed by atoms with Crippen LogP contribution in [0.2, 0.25) is 0 Å². The van der Waals surface area contributed by atoms with Gasteiger partial charge in [-0.15, -0.1) is 12.4 Å². The van der Waals surface area contributed by atoms with E-state index in [4.69, 9.17) is 0 Å². The number of nitrogens with zero attached hydrogens (tertiary/aromatic N) is 3. The maximum absolute atomic E-state index is 4.69. The first-order valence-corrected chi connectivity index (χ1v) is 7.69. The van der Waals surface area contributed by atoms with E-state index in [1.807, 2.05) is 0 Å². The van der Waals surface area contributed by atoms with Gasteiger partial charge in [0.1, 0.15) is 0 Å². The summed E-state index contributed by atoms with van der Waals surface area (Å²) >= 11 is 0. The monoisotopic (exact) mass is 300 g/mol. The maximum atomic E-state index is 4.69. The van der Waals surface area contributed by atoms with E-state index in [1.165, 1.54) is 31.5 Å². The smallest absolute Gasteiger partial charge is 0.0764 e. The van der Waals surface area contributed by atoms with Gasteiger partial charge in [-0.2, -0.15) is 5.10 Å². The molecule has 20 heavy (non-hydrogen) atoms. The lowest BCUT2D eigenvalue weighted by atomic mass is 10.0. The third kappa shape index (κ3) is 4.76. The highest BCUT2D eigenvalue weighted by molar-refractivity contribution is 5.85. The van der Waals surface area contributed by atoms with E-state index in [0.29, 0.717) is 6.04 Å². The lowest BCUT2D eigenvalue weighted by Crippen LogP contribution is -2.43. The summed E-state index contributed by atoms with van der Waals surface area (Å²) in [5, 5.41) is 8.13. The van der Waals surface area contributed by atoms with E-state index in [9.17, 15) is 0 Å². The zero-order chi connectivity index (χ0) is 13.7. The van der Waals surface area contributed by atoms with Crippen LogP contribution in [0.25, 0.3) is 0 Å². The Labute approximate surface area is 129 Å². The van der Waals surface area contributed by atoms with E-state index in [0.717, 1.165) is 25.7 Å². The minimum atomic E-state index is 0. The molecule has 2 rings (SSSR count). The maximum Gasteiger partial charge on any atom is 0.0764 e. The van der Waals surface area contributed by atoms with Crippen LogP contribution in [0.5, 0.6) is 0 Å². The molecule has 116 valence electrons. The van der Waals surface area contributed by atoms with E-state index in [1.54, 1.807) is 0 Å². The quantitative estimate of drug-likeness (QED) is 0.877. The van der Waals surface area contributed by atoms with Crippen LogP contribution in [-0.2, 0) is 6.54 Å². The highest BCUT2D eigenvalue weighted by Crippen LogP contribution is 2.16. The second-order valence-corrected chi connectivity index (χ2v) is 5.83. The van der Waals surface area contributed by atoms with Crippen LogP contribution in [-0.4, -0.2) is 40.4 Å². The van der Waals surface area contributed by atoms with E-state index < -0.39 is 0 Å². The Morgan fingerprint density at radius 2 is 2.10 bits per heavy atom. The number of nitrogens with one attached hydrogen (secondary N) is 1. The molecule has 4 nitrogen and oxygen atoms in total. The second kappa shape index (κ2) is 8.65. The normalized spacial score (nSPS) is 16.6. The fourth-order valence-corrected chi connectivity index (χ4v) is 2.81. The van der Waals surface area contributed by atoms with Gasteiger partial charge in [-0.1, -0.05) is 6.92 Å². The molecule has 1 N–H and O–H groups in total. The van der Waals surface area contributed by atoms with Gasteiger partial charge in [-0.3, -0.25) is 9.58 Å². The fraction of sp³-hybridized carbons (Fsp3) is 0.800. The molecule has 0 aromatic carbocycles. The van der Waals surface area contributed by atoms with E-state index in [-0.39, 0.29) is 12.4 Å². The van der Waals surface area contributed by atoms with Gasteiger partial charge in [0, 0.05) is 24.8 Å². The number of halogens is 1. The summed E-state index contributed by atoms with van der Waals surface area (Å²) in [5.41, 5.74) is 1.21. The van der Waals surface area contributed by atoms with Crippen LogP contribution in [0, 0.1) is 0 Å². The second-order valence-electron chi connectivity index (χ2n) is 5.83. The van der Waals surface area contributed by atoms with Gasteiger partial charge in [0.25, 0.3) is 0 Å². The highest BCUT2D eigenvalue weighted by atomic mass is 35.5. The highest BCUT2D eigenvalue weighted by Gasteiger charge is 2.21. The molecule has 0 unspecified atom stereocenters. The van der Waals surface area contributed by atoms with Crippen molar-refractivity contribution in [1.82, 2.24) is 20.0 Å². The SMILES string of the molecule is CCCN(Cc1ccn(C(C)C)n1)C1CCNCC1.Cl. The molecule has 1 aromatic heterocycles. The van der Waals surface area contributed by atoms with Gasteiger partial charge in [0.05, 0.1) is 5.69 Å². The minimum absolute atomic E-state index is 0. The van der Waals surface area contributed by atoms with Crippen LogP contribution >= 0.6 is 12.4 Å². The van der Waals surface area contributed by atoms with Gasteiger partial charge >= 0.3 is 0 Å². The summed E-state index contributed by atoms with van der Waals surface area (Å²) in [6.07, 6.45) is 5.86. The first kappa shape index (κ1) is 17.5.